The molecule has 0 aromatic heterocycles. The molecule has 0 saturated heterocycles. The number of anilines is 1. The summed E-state index contributed by atoms with van der Waals surface area (Å²) in [7, 11) is 1.29. The average Bonchev–Trinajstić information content (AvgIpc) is 2.52. The van der Waals surface area contributed by atoms with Crippen molar-refractivity contribution in [3.63, 3.8) is 0 Å². The number of carbonyl (C=O) groups excluding carboxylic acids is 1. The maximum atomic E-state index is 11.7. The second-order valence-corrected chi connectivity index (χ2v) is 4.31. The highest BCUT2D eigenvalue weighted by molar-refractivity contribution is 5.98. The van der Waals surface area contributed by atoms with Gasteiger partial charge in [-0.15, -0.1) is 0 Å². The zero-order valence-electron chi connectivity index (χ0n) is 11.5. The third-order valence-electron chi connectivity index (χ3n) is 2.90. The van der Waals surface area contributed by atoms with Crippen molar-refractivity contribution in [3.05, 3.63) is 59.2 Å². The molecule has 5 nitrogen and oxygen atoms in total. The van der Waals surface area contributed by atoms with Crippen LogP contribution >= 0.6 is 0 Å². The molecule has 0 heterocycles. The van der Waals surface area contributed by atoms with Crippen LogP contribution in [0, 0.1) is 11.3 Å². The fourth-order valence-corrected chi connectivity index (χ4v) is 1.88. The second kappa shape index (κ2) is 6.44. The van der Waals surface area contributed by atoms with Gasteiger partial charge in [0.05, 0.1) is 18.7 Å². The van der Waals surface area contributed by atoms with Crippen molar-refractivity contribution in [2.24, 2.45) is 0 Å². The van der Waals surface area contributed by atoms with Gasteiger partial charge in [-0.2, -0.15) is 5.26 Å². The van der Waals surface area contributed by atoms with E-state index in [9.17, 15) is 4.79 Å². The summed E-state index contributed by atoms with van der Waals surface area (Å²) in [5, 5.41) is 8.86. The predicted molar refractivity (Wildman–Crippen MR) is 77.7 cm³/mol. The summed E-state index contributed by atoms with van der Waals surface area (Å²) in [5.74, 6) is -0.196. The van der Waals surface area contributed by atoms with Crippen LogP contribution < -0.4 is 10.5 Å². The Morgan fingerprint density at radius 3 is 2.76 bits per heavy atom. The number of carbonyl (C=O) groups is 1. The second-order valence-electron chi connectivity index (χ2n) is 4.31. The van der Waals surface area contributed by atoms with E-state index in [0.29, 0.717) is 17.0 Å². The van der Waals surface area contributed by atoms with Gasteiger partial charge in [0.25, 0.3) is 0 Å². The molecular weight excluding hydrogens is 268 g/mol. The lowest BCUT2D eigenvalue weighted by molar-refractivity contribution is 0.0597. The number of methoxy groups -OCH3 is 1. The van der Waals surface area contributed by atoms with Crippen molar-refractivity contribution in [2.45, 2.75) is 6.61 Å². The lowest BCUT2D eigenvalue weighted by Gasteiger charge is -2.12. The molecule has 2 rings (SSSR count). The molecule has 0 aliphatic carbocycles. The molecule has 2 aromatic rings. The number of esters is 1. The molecule has 0 aliphatic heterocycles. The van der Waals surface area contributed by atoms with E-state index in [0.717, 1.165) is 5.56 Å². The quantitative estimate of drug-likeness (QED) is 0.688. The standard InChI is InChI=1S/C16H14N2O3/c1-20-16(19)15-13(18)6-3-7-14(15)21-10-12-5-2-4-11(8-12)9-17/h2-8H,10,18H2,1H3. The molecule has 0 amide bonds. The van der Waals surface area contributed by atoms with E-state index in [4.69, 9.17) is 20.5 Å². The Morgan fingerprint density at radius 1 is 1.29 bits per heavy atom. The van der Waals surface area contributed by atoms with E-state index in [1.54, 1.807) is 36.4 Å². The van der Waals surface area contributed by atoms with Crippen LogP contribution in [0.5, 0.6) is 5.75 Å². The number of nitrogen functional groups attached to an aromatic ring is 1. The molecule has 0 atom stereocenters. The molecule has 2 N–H and O–H groups in total. The third kappa shape index (κ3) is 3.31. The van der Waals surface area contributed by atoms with E-state index in [1.165, 1.54) is 7.11 Å². The Balaban J connectivity index is 2.22. The summed E-state index contributed by atoms with van der Waals surface area (Å²) in [5.41, 5.74) is 7.67. The lowest BCUT2D eigenvalue weighted by atomic mass is 10.1. The minimum Gasteiger partial charge on any atom is -0.488 e. The normalized spacial score (nSPS) is 9.71. The lowest BCUT2D eigenvalue weighted by Crippen LogP contribution is -2.09. The maximum Gasteiger partial charge on any atom is 0.343 e. The smallest absolute Gasteiger partial charge is 0.343 e. The van der Waals surface area contributed by atoms with Gasteiger partial charge in [0.1, 0.15) is 17.9 Å². The molecule has 0 unspecified atom stereocenters. The van der Waals surface area contributed by atoms with E-state index >= 15 is 0 Å². The minimum absolute atomic E-state index is 0.205. The maximum absolute atomic E-state index is 11.7. The Hall–Kier alpha value is -3.00. The molecule has 0 spiro atoms. The van der Waals surface area contributed by atoms with Gasteiger partial charge in [0, 0.05) is 5.69 Å². The first-order valence-electron chi connectivity index (χ1n) is 6.24. The molecule has 5 heteroatoms. The third-order valence-corrected chi connectivity index (χ3v) is 2.90. The predicted octanol–water partition coefficient (Wildman–Crippen LogP) is 2.51. The zero-order valence-corrected chi connectivity index (χ0v) is 11.5. The van der Waals surface area contributed by atoms with E-state index in [1.807, 2.05) is 6.07 Å². The first kappa shape index (κ1) is 14.4. The molecule has 0 radical (unpaired) electrons. The average molecular weight is 282 g/mol. The van der Waals surface area contributed by atoms with Crippen molar-refractivity contribution < 1.29 is 14.3 Å². The van der Waals surface area contributed by atoms with Gasteiger partial charge < -0.3 is 15.2 Å². The fraction of sp³-hybridized carbons (Fsp3) is 0.125. The minimum atomic E-state index is -0.547. The highest BCUT2D eigenvalue weighted by Gasteiger charge is 2.16. The molecular formula is C16H14N2O3. The van der Waals surface area contributed by atoms with Gasteiger partial charge in [-0.1, -0.05) is 18.2 Å². The summed E-state index contributed by atoms with van der Waals surface area (Å²) in [4.78, 5) is 11.7. The SMILES string of the molecule is COC(=O)c1c(N)cccc1OCc1cccc(C#N)c1. The molecule has 2 aromatic carbocycles. The highest BCUT2D eigenvalue weighted by Crippen LogP contribution is 2.26. The van der Waals surface area contributed by atoms with Gasteiger partial charge in [-0.05, 0) is 29.8 Å². The fourth-order valence-electron chi connectivity index (χ4n) is 1.88. The van der Waals surface area contributed by atoms with Crippen LogP contribution in [-0.4, -0.2) is 13.1 Å². The molecule has 0 saturated carbocycles. The van der Waals surface area contributed by atoms with Crippen molar-refractivity contribution in [2.75, 3.05) is 12.8 Å². The Labute approximate surface area is 122 Å². The largest absolute Gasteiger partial charge is 0.488 e. The van der Waals surface area contributed by atoms with Crippen LogP contribution in [-0.2, 0) is 11.3 Å². The first-order chi connectivity index (χ1) is 10.2. The molecule has 0 bridgehead atoms. The summed E-state index contributed by atoms with van der Waals surface area (Å²) in [6.07, 6.45) is 0. The topological polar surface area (TPSA) is 85.3 Å². The van der Waals surface area contributed by atoms with Crippen LogP contribution in [0.3, 0.4) is 0 Å². The number of benzene rings is 2. The van der Waals surface area contributed by atoms with E-state index in [-0.39, 0.29) is 12.2 Å². The van der Waals surface area contributed by atoms with Crippen molar-refractivity contribution in [3.8, 4) is 11.8 Å². The number of nitrogens with zero attached hydrogens (tertiary/aromatic N) is 1. The zero-order chi connectivity index (χ0) is 15.2. The van der Waals surface area contributed by atoms with E-state index in [2.05, 4.69) is 6.07 Å². The molecule has 106 valence electrons. The van der Waals surface area contributed by atoms with Gasteiger partial charge >= 0.3 is 5.97 Å². The number of hydrogen-bond acceptors (Lipinski definition) is 5. The monoisotopic (exact) mass is 282 g/mol. The van der Waals surface area contributed by atoms with E-state index < -0.39 is 5.97 Å². The Morgan fingerprint density at radius 2 is 2.05 bits per heavy atom. The number of nitriles is 1. The number of nitrogens with two attached hydrogens (primary N) is 1. The first-order valence-corrected chi connectivity index (χ1v) is 6.24. The van der Waals surface area contributed by atoms with Gasteiger partial charge in [0.2, 0.25) is 0 Å². The summed E-state index contributed by atoms with van der Waals surface area (Å²) in [6, 6.07) is 14.1. The highest BCUT2D eigenvalue weighted by atomic mass is 16.5. The number of hydrogen-bond donors (Lipinski definition) is 1. The van der Waals surface area contributed by atoms with Gasteiger partial charge in [0.15, 0.2) is 0 Å². The van der Waals surface area contributed by atoms with Crippen LogP contribution in [0.4, 0.5) is 5.69 Å². The van der Waals surface area contributed by atoms with Gasteiger partial charge in [-0.25, -0.2) is 4.79 Å². The summed E-state index contributed by atoms with van der Waals surface area (Å²) < 4.78 is 10.3. The number of rotatable bonds is 4. The summed E-state index contributed by atoms with van der Waals surface area (Å²) in [6.45, 7) is 0.225. The van der Waals surface area contributed by atoms with Crippen molar-refractivity contribution in [1.82, 2.24) is 0 Å². The Kier molecular flexibility index (Phi) is 4.42. The summed E-state index contributed by atoms with van der Waals surface area (Å²) >= 11 is 0. The molecule has 0 fully saturated rings. The number of ether oxygens (including phenoxy) is 2. The van der Waals surface area contributed by atoms with Crippen LogP contribution in [0.15, 0.2) is 42.5 Å². The van der Waals surface area contributed by atoms with Crippen LogP contribution in [0.25, 0.3) is 0 Å². The van der Waals surface area contributed by atoms with Gasteiger partial charge in [-0.3, -0.25) is 0 Å². The van der Waals surface area contributed by atoms with Crippen LogP contribution in [0.2, 0.25) is 0 Å². The molecule has 21 heavy (non-hydrogen) atoms. The Bertz CT molecular complexity index is 705. The van der Waals surface area contributed by atoms with Crippen molar-refractivity contribution >= 4 is 11.7 Å². The molecule has 0 aliphatic rings. The van der Waals surface area contributed by atoms with Crippen LogP contribution in [0.1, 0.15) is 21.5 Å². The van der Waals surface area contributed by atoms with Crippen molar-refractivity contribution in [1.29, 1.82) is 5.26 Å².